The molecule has 3 heterocycles. The Hall–Kier alpha value is -3.85. The number of ether oxygens (including phenoxy) is 1. The van der Waals surface area contributed by atoms with Gasteiger partial charge in [-0.2, -0.15) is 0 Å². The maximum absolute atomic E-state index is 13.5. The zero-order valence-electron chi connectivity index (χ0n) is 17.2. The summed E-state index contributed by atoms with van der Waals surface area (Å²) < 4.78 is 10.7. The van der Waals surface area contributed by atoms with E-state index < -0.39 is 17.9 Å². The fourth-order valence-electron chi connectivity index (χ4n) is 3.84. The van der Waals surface area contributed by atoms with Crippen LogP contribution in [-0.4, -0.2) is 29.2 Å². The van der Waals surface area contributed by atoms with Crippen molar-refractivity contribution in [1.82, 2.24) is 10.2 Å². The molecule has 5 rings (SSSR count). The number of anilines is 1. The predicted molar refractivity (Wildman–Crippen MR) is 118 cm³/mol. The summed E-state index contributed by atoms with van der Waals surface area (Å²) in [5, 5.41) is 9.87. The molecule has 32 heavy (non-hydrogen) atoms. The molecule has 0 saturated carbocycles. The second-order valence-corrected chi connectivity index (χ2v) is 8.23. The Morgan fingerprint density at radius 3 is 2.56 bits per heavy atom. The number of nitrogens with zero attached hydrogens (tertiary/aromatic N) is 3. The average molecular weight is 447 g/mol. The van der Waals surface area contributed by atoms with Crippen LogP contribution in [0, 0.1) is 0 Å². The van der Waals surface area contributed by atoms with Gasteiger partial charge >= 0.3 is 5.97 Å². The topological polar surface area (TPSA) is 103 Å². The van der Waals surface area contributed by atoms with E-state index in [1.54, 1.807) is 48.5 Å². The molecule has 9 heteroatoms. The minimum Gasteiger partial charge on any atom is -0.465 e. The largest absolute Gasteiger partial charge is 0.465 e. The molecule has 1 amide bonds. The highest BCUT2D eigenvalue weighted by Gasteiger charge is 2.45. The number of amides is 1. The van der Waals surface area contributed by atoms with E-state index in [1.807, 2.05) is 6.92 Å². The fourth-order valence-corrected chi connectivity index (χ4v) is 4.64. The van der Waals surface area contributed by atoms with Crippen molar-refractivity contribution in [2.75, 3.05) is 12.0 Å². The van der Waals surface area contributed by atoms with Crippen molar-refractivity contribution >= 4 is 39.3 Å². The molecule has 160 valence electrons. The highest BCUT2D eigenvalue weighted by atomic mass is 32.1. The molecule has 0 N–H and O–H groups in total. The lowest BCUT2D eigenvalue weighted by Gasteiger charge is -2.22. The zero-order chi connectivity index (χ0) is 22.4. The van der Waals surface area contributed by atoms with Crippen LogP contribution in [0.4, 0.5) is 5.13 Å². The second-order valence-electron chi connectivity index (χ2n) is 7.19. The smallest absolute Gasteiger partial charge is 0.337 e. The number of hydrogen-bond acceptors (Lipinski definition) is 8. The van der Waals surface area contributed by atoms with Crippen molar-refractivity contribution in [1.29, 1.82) is 0 Å². The number of aryl methyl sites for hydroxylation is 1. The fraction of sp³-hybridized carbons (Fsp3) is 0.174. The molecule has 1 atom stereocenters. The molecule has 1 aliphatic rings. The molecule has 2 aromatic carbocycles. The lowest BCUT2D eigenvalue weighted by molar-refractivity contribution is 0.0600. The monoisotopic (exact) mass is 447 g/mol. The number of esters is 1. The first kappa shape index (κ1) is 20.1. The first-order chi connectivity index (χ1) is 15.5. The van der Waals surface area contributed by atoms with E-state index in [2.05, 4.69) is 10.2 Å². The van der Waals surface area contributed by atoms with Gasteiger partial charge in [0.25, 0.3) is 5.91 Å². The van der Waals surface area contributed by atoms with Gasteiger partial charge in [-0.05, 0) is 36.2 Å². The van der Waals surface area contributed by atoms with Crippen LogP contribution in [0.3, 0.4) is 0 Å². The Morgan fingerprint density at radius 1 is 1.12 bits per heavy atom. The van der Waals surface area contributed by atoms with E-state index in [0.29, 0.717) is 33.6 Å². The van der Waals surface area contributed by atoms with Crippen molar-refractivity contribution in [2.24, 2.45) is 0 Å². The molecule has 8 nitrogen and oxygen atoms in total. The van der Waals surface area contributed by atoms with E-state index in [1.165, 1.54) is 23.3 Å². The summed E-state index contributed by atoms with van der Waals surface area (Å²) in [5.74, 6) is -0.939. The zero-order valence-corrected chi connectivity index (χ0v) is 18.0. The average Bonchev–Trinajstić information content (AvgIpc) is 3.41. The number of hydrogen-bond donors (Lipinski definition) is 0. The molecule has 0 bridgehead atoms. The van der Waals surface area contributed by atoms with Crippen LogP contribution in [0.5, 0.6) is 0 Å². The van der Waals surface area contributed by atoms with E-state index in [-0.39, 0.29) is 16.8 Å². The summed E-state index contributed by atoms with van der Waals surface area (Å²) >= 11 is 1.29. The molecule has 1 unspecified atom stereocenters. The highest BCUT2D eigenvalue weighted by molar-refractivity contribution is 7.15. The number of para-hydroxylation sites is 1. The van der Waals surface area contributed by atoms with Crippen molar-refractivity contribution in [3.63, 3.8) is 0 Å². The van der Waals surface area contributed by atoms with Gasteiger partial charge in [0.05, 0.1) is 29.7 Å². The van der Waals surface area contributed by atoms with Crippen LogP contribution in [0.2, 0.25) is 0 Å². The molecule has 1 aliphatic heterocycles. The maximum atomic E-state index is 13.5. The molecule has 0 aliphatic carbocycles. The first-order valence-corrected chi connectivity index (χ1v) is 10.7. The van der Waals surface area contributed by atoms with Gasteiger partial charge in [0, 0.05) is 0 Å². The molecular formula is C23H17N3O5S. The summed E-state index contributed by atoms with van der Waals surface area (Å²) in [5.41, 5.74) is 1.31. The Kier molecular flexibility index (Phi) is 4.82. The number of benzene rings is 2. The van der Waals surface area contributed by atoms with Crippen LogP contribution in [0.25, 0.3) is 11.0 Å². The van der Waals surface area contributed by atoms with E-state index in [9.17, 15) is 14.4 Å². The van der Waals surface area contributed by atoms with E-state index >= 15 is 0 Å². The summed E-state index contributed by atoms with van der Waals surface area (Å²) in [6.45, 7) is 1.95. The summed E-state index contributed by atoms with van der Waals surface area (Å²) in [4.78, 5) is 40.2. The normalized spacial score (nSPS) is 15.2. The van der Waals surface area contributed by atoms with Gasteiger partial charge in [-0.3, -0.25) is 14.5 Å². The SMILES string of the molecule is CCc1nnc(N2C(=O)c3oc4ccccc4c(=O)c3C2c2ccc(C(=O)OC)cc2)s1. The predicted octanol–water partition coefficient (Wildman–Crippen LogP) is 3.74. The number of methoxy groups -OCH3 is 1. The van der Waals surface area contributed by atoms with Gasteiger partial charge in [0.1, 0.15) is 10.6 Å². The van der Waals surface area contributed by atoms with Gasteiger partial charge < -0.3 is 9.15 Å². The molecule has 0 saturated heterocycles. The third-order valence-electron chi connectivity index (χ3n) is 5.39. The standard InChI is InChI=1S/C23H17N3O5S/c1-3-16-24-25-23(32-16)26-18(12-8-10-13(11-9-12)22(29)30-2)17-19(27)14-6-4-5-7-15(14)31-20(17)21(26)28/h4-11,18H,3H2,1-2H3. The number of fused-ring (bicyclic) bond motifs is 2. The van der Waals surface area contributed by atoms with Crippen molar-refractivity contribution in [3.05, 3.63) is 86.2 Å². The van der Waals surface area contributed by atoms with Gasteiger partial charge in [0.2, 0.25) is 10.9 Å². The third-order valence-corrected chi connectivity index (χ3v) is 6.46. The quantitative estimate of drug-likeness (QED) is 0.439. The Labute approximate surface area is 186 Å². The highest BCUT2D eigenvalue weighted by Crippen LogP contribution is 2.42. The Morgan fingerprint density at radius 2 is 1.88 bits per heavy atom. The molecule has 4 aromatic rings. The Bertz CT molecular complexity index is 1420. The third kappa shape index (κ3) is 3.01. The van der Waals surface area contributed by atoms with Gasteiger partial charge in [-0.25, -0.2) is 4.79 Å². The maximum Gasteiger partial charge on any atom is 0.337 e. The molecular weight excluding hydrogens is 430 g/mol. The van der Waals surface area contributed by atoms with Crippen molar-refractivity contribution in [3.8, 4) is 0 Å². The van der Waals surface area contributed by atoms with Gasteiger partial charge in [0.15, 0.2) is 5.43 Å². The molecule has 0 spiro atoms. The number of rotatable bonds is 4. The molecule has 0 fully saturated rings. The van der Waals surface area contributed by atoms with Crippen LogP contribution in [-0.2, 0) is 11.2 Å². The van der Waals surface area contributed by atoms with E-state index in [0.717, 1.165) is 5.01 Å². The second kappa shape index (κ2) is 7.69. The van der Waals surface area contributed by atoms with Crippen LogP contribution >= 0.6 is 11.3 Å². The number of aromatic nitrogens is 2. The minimum atomic E-state index is -0.761. The van der Waals surface area contributed by atoms with E-state index in [4.69, 9.17) is 9.15 Å². The Balaban J connectivity index is 1.74. The lowest BCUT2D eigenvalue weighted by atomic mass is 9.98. The number of carbonyl (C=O) groups is 2. The lowest BCUT2D eigenvalue weighted by Crippen LogP contribution is -2.29. The van der Waals surface area contributed by atoms with Crippen LogP contribution in [0.1, 0.15) is 50.0 Å². The van der Waals surface area contributed by atoms with Crippen LogP contribution in [0.15, 0.2) is 57.7 Å². The van der Waals surface area contributed by atoms with Crippen LogP contribution < -0.4 is 10.3 Å². The van der Waals surface area contributed by atoms with Crippen molar-refractivity contribution in [2.45, 2.75) is 19.4 Å². The minimum absolute atomic E-state index is 0.0102. The molecule has 0 radical (unpaired) electrons. The summed E-state index contributed by atoms with van der Waals surface area (Å²) in [6, 6.07) is 12.7. The van der Waals surface area contributed by atoms with Gasteiger partial charge in [-0.1, -0.05) is 42.5 Å². The van der Waals surface area contributed by atoms with Gasteiger partial charge in [-0.15, -0.1) is 10.2 Å². The number of carbonyl (C=O) groups excluding carboxylic acids is 2. The summed E-state index contributed by atoms with van der Waals surface area (Å²) in [6.07, 6.45) is 0.673. The van der Waals surface area contributed by atoms with Crippen molar-refractivity contribution < 1.29 is 18.7 Å². The first-order valence-electron chi connectivity index (χ1n) is 9.93. The summed E-state index contributed by atoms with van der Waals surface area (Å²) in [7, 11) is 1.31. The molecule has 2 aromatic heterocycles.